The maximum absolute atomic E-state index is 12.2. The molecule has 108 valence electrons. The third-order valence-corrected chi connectivity index (χ3v) is 4.35. The lowest BCUT2D eigenvalue weighted by Crippen LogP contribution is -2.40. The number of thiophene rings is 1. The zero-order valence-corrected chi connectivity index (χ0v) is 12.5. The summed E-state index contributed by atoms with van der Waals surface area (Å²) in [4.78, 5) is 13.1. The summed E-state index contributed by atoms with van der Waals surface area (Å²) in [5, 5.41) is 4.91. The SMILES string of the molecule is CC(NC(=O)c1csc(C#CCN)c1)C1CCOCC1. The van der Waals surface area contributed by atoms with Crippen LogP contribution in [0.25, 0.3) is 0 Å². The number of carbonyl (C=O) groups excluding carboxylic acids is 1. The number of carbonyl (C=O) groups is 1. The number of ether oxygens (including phenoxy) is 1. The van der Waals surface area contributed by atoms with Gasteiger partial charge in [-0.05, 0) is 31.7 Å². The number of nitrogens with one attached hydrogen (secondary N) is 1. The second-order valence-electron chi connectivity index (χ2n) is 4.92. The maximum atomic E-state index is 12.2. The van der Waals surface area contributed by atoms with Crippen LogP contribution in [0.3, 0.4) is 0 Å². The van der Waals surface area contributed by atoms with E-state index in [0.717, 1.165) is 30.9 Å². The van der Waals surface area contributed by atoms with Crippen molar-refractivity contribution in [3.63, 3.8) is 0 Å². The Morgan fingerprint density at radius 3 is 3.05 bits per heavy atom. The first-order valence-electron chi connectivity index (χ1n) is 6.86. The van der Waals surface area contributed by atoms with Gasteiger partial charge in [-0.2, -0.15) is 0 Å². The predicted octanol–water partition coefficient (Wildman–Crippen LogP) is 1.60. The Bertz CT molecular complexity index is 509. The fraction of sp³-hybridized carbons (Fsp3) is 0.533. The van der Waals surface area contributed by atoms with Crippen LogP contribution in [0.5, 0.6) is 0 Å². The van der Waals surface area contributed by atoms with Gasteiger partial charge in [-0.1, -0.05) is 11.8 Å². The fourth-order valence-electron chi connectivity index (χ4n) is 2.28. The zero-order chi connectivity index (χ0) is 14.4. The lowest BCUT2D eigenvalue weighted by atomic mass is 9.93. The molecule has 2 rings (SSSR count). The van der Waals surface area contributed by atoms with E-state index in [1.54, 1.807) is 0 Å². The van der Waals surface area contributed by atoms with Crippen LogP contribution in [0.2, 0.25) is 0 Å². The summed E-state index contributed by atoms with van der Waals surface area (Å²) in [6.45, 7) is 3.99. The molecule has 0 aliphatic carbocycles. The van der Waals surface area contributed by atoms with Crippen molar-refractivity contribution in [3.05, 3.63) is 21.9 Å². The summed E-state index contributed by atoms with van der Waals surface area (Å²) < 4.78 is 5.34. The average Bonchev–Trinajstić information content (AvgIpc) is 2.95. The molecule has 0 saturated carbocycles. The average molecular weight is 292 g/mol. The molecule has 0 radical (unpaired) electrons. The highest BCUT2D eigenvalue weighted by molar-refractivity contribution is 7.10. The number of rotatable bonds is 3. The summed E-state index contributed by atoms with van der Waals surface area (Å²) in [7, 11) is 0. The Labute approximate surface area is 123 Å². The van der Waals surface area contributed by atoms with Crippen molar-refractivity contribution in [1.29, 1.82) is 0 Å². The van der Waals surface area contributed by atoms with Crippen LogP contribution in [0.4, 0.5) is 0 Å². The van der Waals surface area contributed by atoms with Gasteiger partial charge in [0.25, 0.3) is 5.91 Å². The molecular formula is C15H20N2O2S. The maximum Gasteiger partial charge on any atom is 0.252 e. The normalized spacial score (nSPS) is 17.1. The van der Waals surface area contributed by atoms with Crippen molar-refractivity contribution in [2.45, 2.75) is 25.8 Å². The van der Waals surface area contributed by atoms with Gasteiger partial charge in [-0.3, -0.25) is 4.79 Å². The highest BCUT2D eigenvalue weighted by atomic mass is 32.1. The molecule has 1 saturated heterocycles. The van der Waals surface area contributed by atoms with Gasteiger partial charge in [0, 0.05) is 24.6 Å². The van der Waals surface area contributed by atoms with Gasteiger partial charge in [0.2, 0.25) is 0 Å². The molecule has 1 atom stereocenters. The van der Waals surface area contributed by atoms with Gasteiger partial charge >= 0.3 is 0 Å². The number of nitrogens with two attached hydrogens (primary N) is 1. The minimum Gasteiger partial charge on any atom is -0.381 e. The first-order valence-corrected chi connectivity index (χ1v) is 7.74. The van der Waals surface area contributed by atoms with Crippen molar-refractivity contribution in [3.8, 4) is 11.8 Å². The van der Waals surface area contributed by atoms with E-state index in [2.05, 4.69) is 24.1 Å². The Balaban J connectivity index is 1.92. The van der Waals surface area contributed by atoms with E-state index in [1.807, 2.05) is 11.4 Å². The van der Waals surface area contributed by atoms with Crippen molar-refractivity contribution < 1.29 is 9.53 Å². The molecule has 1 unspecified atom stereocenters. The Hall–Kier alpha value is -1.35. The summed E-state index contributed by atoms with van der Waals surface area (Å²) in [5.41, 5.74) is 6.01. The summed E-state index contributed by atoms with van der Waals surface area (Å²) in [6.07, 6.45) is 2.02. The van der Waals surface area contributed by atoms with Crippen molar-refractivity contribution in [2.75, 3.05) is 19.8 Å². The van der Waals surface area contributed by atoms with Crippen LogP contribution in [-0.2, 0) is 4.74 Å². The predicted molar refractivity (Wildman–Crippen MR) is 80.7 cm³/mol. The Morgan fingerprint density at radius 2 is 2.35 bits per heavy atom. The third-order valence-electron chi connectivity index (χ3n) is 3.51. The van der Waals surface area contributed by atoms with Crippen molar-refractivity contribution in [1.82, 2.24) is 5.32 Å². The number of amides is 1. The highest BCUT2D eigenvalue weighted by Gasteiger charge is 2.22. The Kier molecular flexibility index (Phi) is 5.60. The van der Waals surface area contributed by atoms with Crippen LogP contribution in [0.1, 0.15) is 35.0 Å². The van der Waals surface area contributed by atoms with Crippen LogP contribution < -0.4 is 11.1 Å². The van der Waals surface area contributed by atoms with Crippen LogP contribution in [-0.4, -0.2) is 31.7 Å². The Morgan fingerprint density at radius 1 is 1.60 bits per heavy atom. The second kappa shape index (κ2) is 7.44. The second-order valence-corrected chi connectivity index (χ2v) is 5.83. The summed E-state index contributed by atoms with van der Waals surface area (Å²) in [6, 6.07) is 1.99. The molecule has 1 aliphatic heterocycles. The minimum absolute atomic E-state index is 0.0268. The van der Waals surface area contributed by atoms with E-state index in [1.165, 1.54) is 11.3 Å². The number of hydrogen-bond acceptors (Lipinski definition) is 4. The van der Waals surface area contributed by atoms with Gasteiger partial charge in [0.1, 0.15) is 0 Å². The highest BCUT2D eigenvalue weighted by Crippen LogP contribution is 2.19. The largest absolute Gasteiger partial charge is 0.381 e. The molecule has 0 aromatic carbocycles. The molecule has 2 heterocycles. The molecule has 1 aromatic heterocycles. The van der Waals surface area contributed by atoms with Crippen molar-refractivity contribution >= 4 is 17.2 Å². The third kappa shape index (κ3) is 4.07. The van der Waals surface area contributed by atoms with Crippen LogP contribution in [0, 0.1) is 17.8 Å². The lowest BCUT2D eigenvalue weighted by molar-refractivity contribution is 0.0538. The molecule has 0 spiro atoms. The van der Waals surface area contributed by atoms with Gasteiger partial charge in [-0.25, -0.2) is 0 Å². The molecular weight excluding hydrogens is 272 g/mol. The van der Waals surface area contributed by atoms with Gasteiger partial charge in [0.05, 0.1) is 17.0 Å². The van der Waals surface area contributed by atoms with Crippen molar-refractivity contribution in [2.24, 2.45) is 11.7 Å². The monoisotopic (exact) mass is 292 g/mol. The van der Waals surface area contributed by atoms with Gasteiger partial charge in [-0.15, -0.1) is 11.3 Å². The minimum atomic E-state index is -0.0268. The molecule has 1 amide bonds. The van der Waals surface area contributed by atoms with E-state index in [4.69, 9.17) is 10.5 Å². The van der Waals surface area contributed by atoms with Gasteiger partial charge < -0.3 is 15.8 Å². The topological polar surface area (TPSA) is 64.4 Å². The molecule has 4 nitrogen and oxygen atoms in total. The first-order chi connectivity index (χ1) is 9.70. The van der Waals surface area contributed by atoms with E-state index in [9.17, 15) is 4.79 Å². The molecule has 5 heteroatoms. The molecule has 0 bridgehead atoms. The van der Waals surface area contributed by atoms with E-state index in [-0.39, 0.29) is 11.9 Å². The van der Waals surface area contributed by atoms with E-state index in [0.29, 0.717) is 18.0 Å². The zero-order valence-electron chi connectivity index (χ0n) is 11.6. The summed E-state index contributed by atoms with van der Waals surface area (Å²) >= 11 is 1.47. The molecule has 1 fully saturated rings. The number of hydrogen-bond donors (Lipinski definition) is 2. The van der Waals surface area contributed by atoms with Crippen LogP contribution in [0.15, 0.2) is 11.4 Å². The van der Waals surface area contributed by atoms with E-state index >= 15 is 0 Å². The standard InChI is InChI=1S/C15H20N2O2S/c1-11(12-4-7-19-8-5-12)17-15(18)13-9-14(20-10-13)3-2-6-16/h9-12H,4-8,16H2,1H3,(H,17,18). The quantitative estimate of drug-likeness (QED) is 0.832. The first kappa shape index (κ1) is 15.0. The lowest BCUT2D eigenvalue weighted by Gasteiger charge is -2.28. The fourth-order valence-corrected chi connectivity index (χ4v) is 3.04. The molecule has 20 heavy (non-hydrogen) atoms. The van der Waals surface area contributed by atoms with Crippen LogP contribution >= 0.6 is 11.3 Å². The summed E-state index contributed by atoms with van der Waals surface area (Å²) in [5.74, 6) is 6.21. The smallest absolute Gasteiger partial charge is 0.252 e. The van der Waals surface area contributed by atoms with E-state index < -0.39 is 0 Å². The van der Waals surface area contributed by atoms with Gasteiger partial charge in [0.15, 0.2) is 0 Å². The molecule has 3 N–H and O–H groups in total. The molecule has 1 aliphatic rings. The molecule has 1 aromatic rings.